The Hall–Kier alpha value is -2.59. The quantitative estimate of drug-likeness (QED) is 0.606. The molecule has 1 aromatic heterocycles. The third-order valence-corrected chi connectivity index (χ3v) is 7.94. The minimum absolute atomic E-state index is 0.0228. The summed E-state index contributed by atoms with van der Waals surface area (Å²) in [6, 6.07) is 5.07. The van der Waals surface area contributed by atoms with E-state index in [1.165, 1.54) is 23.7 Å². The van der Waals surface area contributed by atoms with Gasteiger partial charge in [-0.15, -0.1) is 0 Å². The molecule has 2 aromatic rings. The lowest BCUT2D eigenvalue weighted by Crippen LogP contribution is -2.45. The van der Waals surface area contributed by atoms with Crippen LogP contribution < -0.4 is 4.74 Å². The number of carbonyl (C=O) groups excluding carboxylic acids is 1. The van der Waals surface area contributed by atoms with Crippen LogP contribution >= 0.6 is 0 Å². The second-order valence-corrected chi connectivity index (χ2v) is 10.8. The lowest BCUT2D eigenvalue weighted by molar-refractivity contribution is -0.137. The second-order valence-electron chi connectivity index (χ2n) is 10.8. The number of imidazole rings is 1. The molecule has 10 heteroatoms. The molecular weight excluding hydrogens is 473 g/mol. The van der Waals surface area contributed by atoms with E-state index >= 15 is 0 Å². The Bertz CT molecular complexity index is 1070. The molecule has 36 heavy (non-hydrogen) atoms. The van der Waals surface area contributed by atoms with Gasteiger partial charge in [0.2, 0.25) is 5.88 Å². The molecule has 1 amide bonds. The number of fused-ring (bicyclic) bond motifs is 1. The predicted molar refractivity (Wildman–Crippen MR) is 126 cm³/mol. The van der Waals surface area contributed by atoms with Crippen molar-refractivity contribution in [1.82, 2.24) is 19.4 Å². The fourth-order valence-corrected chi connectivity index (χ4v) is 6.04. The summed E-state index contributed by atoms with van der Waals surface area (Å²) in [4.78, 5) is 20.9. The first kappa shape index (κ1) is 25.1. The van der Waals surface area contributed by atoms with E-state index in [0.717, 1.165) is 50.9 Å². The van der Waals surface area contributed by atoms with Crippen LogP contribution in [0, 0.1) is 17.8 Å². The summed E-state index contributed by atoms with van der Waals surface area (Å²) in [5.74, 6) is 1.26. The van der Waals surface area contributed by atoms with Gasteiger partial charge in [0.25, 0.3) is 0 Å². The topological polar surface area (TPSA) is 70.8 Å². The van der Waals surface area contributed by atoms with Crippen molar-refractivity contribution in [3.05, 3.63) is 47.9 Å². The number of rotatable bonds is 7. The van der Waals surface area contributed by atoms with E-state index < -0.39 is 23.4 Å². The fourth-order valence-electron chi connectivity index (χ4n) is 6.04. The number of alkyl halides is 3. The zero-order valence-electron chi connectivity index (χ0n) is 20.5. The number of benzene rings is 1. The van der Waals surface area contributed by atoms with Crippen molar-refractivity contribution in [2.45, 2.75) is 50.4 Å². The monoisotopic (exact) mass is 506 g/mol. The van der Waals surface area contributed by atoms with Crippen molar-refractivity contribution in [2.75, 3.05) is 26.2 Å². The minimum Gasteiger partial charge on any atom is -0.389 e. The van der Waals surface area contributed by atoms with Crippen molar-refractivity contribution in [3.8, 4) is 5.88 Å². The summed E-state index contributed by atoms with van der Waals surface area (Å²) in [5.41, 5.74) is -0.931. The number of carbonyl (C=O) groups is 1. The Balaban J connectivity index is 1.23. The molecule has 1 saturated heterocycles. The van der Waals surface area contributed by atoms with Gasteiger partial charge in [0.05, 0.1) is 23.7 Å². The molecule has 2 saturated carbocycles. The molecule has 7 nitrogen and oxygen atoms in total. The maximum Gasteiger partial charge on any atom is 0.416 e. The number of ether oxygens (including phenoxy) is 1. The Kier molecular flexibility index (Phi) is 6.76. The molecule has 2 atom stereocenters. The van der Waals surface area contributed by atoms with Crippen LogP contribution in [0.25, 0.3) is 0 Å². The first-order chi connectivity index (χ1) is 17.1. The number of aromatic nitrogens is 2. The highest BCUT2D eigenvalue weighted by molar-refractivity contribution is 5.70. The zero-order chi connectivity index (χ0) is 25.5. The SMILES string of the molecule is Cn1cnc(OC(=O)N(Cc2cccc(C(F)(F)F)c2)CC2C3CN(CC4(O)CCCCC4)CC32)c1. The number of piperidine rings is 1. The van der Waals surface area contributed by atoms with Crippen molar-refractivity contribution < 1.29 is 27.8 Å². The number of hydrogen-bond donors (Lipinski definition) is 1. The number of amides is 1. The Morgan fingerprint density at radius 3 is 2.58 bits per heavy atom. The van der Waals surface area contributed by atoms with E-state index in [-0.39, 0.29) is 18.3 Å². The smallest absolute Gasteiger partial charge is 0.389 e. The lowest BCUT2D eigenvalue weighted by Gasteiger charge is -2.36. The molecule has 0 bridgehead atoms. The third kappa shape index (κ3) is 5.70. The molecule has 0 radical (unpaired) electrons. The van der Waals surface area contributed by atoms with Crippen molar-refractivity contribution in [1.29, 1.82) is 0 Å². The van der Waals surface area contributed by atoms with Crippen LogP contribution in [0.5, 0.6) is 5.88 Å². The number of aryl methyl sites for hydroxylation is 1. The summed E-state index contributed by atoms with van der Waals surface area (Å²) in [6.07, 6.45) is 3.05. The van der Waals surface area contributed by atoms with Gasteiger partial charge in [0.1, 0.15) is 0 Å². The van der Waals surface area contributed by atoms with Crippen LogP contribution in [0.1, 0.15) is 43.2 Å². The fraction of sp³-hybridized carbons (Fsp3) is 0.615. The normalized spacial score (nSPS) is 25.4. The lowest BCUT2D eigenvalue weighted by atomic mass is 9.84. The highest BCUT2D eigenvalue weighted by Gasteiger charge is 2.56. The molecule has 0 spiro atoms. The number of likely N-dealkylation sites (tertiary alicyclic amines) is 1. The van der Waals surface area contributed by atoms with E-state index in [0.29, 0.717) is 30.5 Å². The van der Waals surface area contributed by atoms with E-state index in [9.17, 15) is 23.1 Å². The van der Waals surface area contributed by atoms with Crippen LogP contribution in [0.3, 0.4) is 0 Å². The zero-order valence-corrected chi connectivity index (χ0v) is 20.5. The predicted octanol–water partition coefficient (Wildman–Crippen LogP) is 4.31. The third-order valence-electron chi connectivity index (χ3n) is 7.94. The highest BCUT2D eigenvalue weighted by atomic mass is 19.4. The van der Waals surface area contributed by atoms with Gasteiger partial charge in [-0.05, 0) is 48.3 Å². The Morgan fingerprint density at radius 2 is 1.94 bits per heavy atom. The van der Waals surface area contributed by atoms with Crippen LogP contribution in [0.4, 0.5) is 18.0 Å². The van der Waals surface area contributed by atoms with E-state index in [4.69, 9.17) is 4.74 Å². The van der Waals surface area contributed by atoms with E-state index in [1.807, 2.05) is 0 Å². The van der Waals surface area contributed by atoms with Crippen LogP contribution in [-0.2, 0) is 19.8 Å². The average molecular weight is 507 g/mol. The molecular formula is C26H33F3N4O3. The summed E-state index contributed by atoms with van der Waals surface area (Å²) < 4.78 is 46.8. The maximum absolute atomic E-state index is 13.2. The maximum atomic E-state index is 13.2. The highest BCUT2D eigenvalue weighted by Crippen LogP contribution is 2.52. The van der Waals surface area contributed by atoms with Gasteiger partial charge in [-0.3, -0.25) is 4.90 Å². The van der Waals surface area contributed by atoms with Gasteiger partial charge < -0.3 is 19.3 Å². The van der Waals surface area contributed by atoms with Gasteiger partial charge in [-0.2, -0.15) is 13.2 Å². The second kappa shape index (κ2) is 9.70. The summed E-state index contributed by atoms with van der Waals surface area (Å²) in [7, 11) is 1.76. The molecule has 196 valence electrons. The van der Waals surface area contributed by atoms with E-state index in [1.54, 1.807) is 23.9 Å². The summed E-state index contributed by atoms with van der Waals surface area (Å²) in [6.45, 7) is 2.89. The van der Waals surface area contributed by atoms with Gasteiger partial charge in [0.15, 0.2) is 0 Å². The van der Waals surface area contributed by atoms with Crippen molar-refractivity contribution in [2.24, 2.45) is 24.8 Å². The van der Waals surface area contributed by atoms with Gasteiger partial charge >= 0.3 is 12.3 Å². The Labute approximate surface area is 208 Å². The van der Waals surface area contributed by atoms with Crippen LogP contribution in [0.2, 0.25) is 0 Å². The first-order valence-electron chi connectivity index (χ1n) is 12.7. The number of aliphatic hydroxyl groups is 1. The molecule has 5 rings (SSSR count). The molecule has 3 fully saturated rings. The van der Waals surface area contributed by atoms with Crippen LogP contribution in [0.15, 0.2) is 36.8 Å². The average Bonchev–Trinajstić information content (AvgIpc) is 3.11. The molecule has 2 heterocycles. The summed E-state index contributed by atoms with van der Waals surface area (Å²) in [5, 5.41) is 10.9. The largest absolute Gasteiger partial charge is 0.416 e. The van der Waals surface area contributed by atoms with Gasteiger partial charge in [-0.25, -0.2) is 9.78 Å². The minimum atomic E-state index is -4.45. The Morgan fingerprint density at radius 1 is 1.22 bits per heavy atom. The number of β-amino-alcohol motifs (C(OH)–C–C–N with tert-alkyl or cyclic N) is 1. The number of hydrogen-bond acceptors (Lipinski definition) is 5. The number of halogens is 3. The molecule has 1 aromatic carbocycles. The standard InChI is InChI=1S/C26H33F3N4O3/c1-31-15-23(30-17-31)36-24(34)33(11-18-6-5-7-19(10-18)26(27,28)29)14-22-20-12-32(13-21(20)22)16-25(35)8-3-2-4-9-25/h5-7,10,15,17,20-22,35H,2-4,8-9,11-14,16H2,1H3. The molecule has 1 N–H and O–H groups in total. The van der Waals surface area contributed by atoms with Crippen LogP contribution in [-0.4, -0.2) is 62.3 Å². The molecule has 2 aliphatic carbocycles. The summed E-state index contributed by atoms with van der Waals surface area (Å²) >= 11 is 0. The molecule has 2 unspecified atom stereocenters. The van der Waals surface area contributed by atoms with Gasteiger partial charge in [0, 0.05) is 39.8 Å². The van der Waals surface area contributed by atoms with Crippen molar-refractivity contribution >= 4 is 6.09 Å². The van der Waals surface area contributed by atoms with Gasteiger partial charge in [-0.1, -0.05) is 31.4 Å². The molecule has 3 aliphatic rings. The van der Waals surface area contributed by atoms with E-state index in [2.05, 4.69) is 9.88 Å². The molecule has 1 aliphatic heterocycles. The number of nitrogens with zero attached hydrogens (tertiary/aromatic N) is 4. The van der Waals surface area contributed by atoms with Crippen molar-refractivity contribution in [3.63, 3.8) is 0 Å². The first-order valence-corrected chi connectivity index (χ1v) is 12.7.